The van der Waals surface area contributed by atoms with Gasteiger partial charge < -0.3 is 14.0 Å². The number of benzene rings is 1. The van der Waals surface area contributed by atoms with E-state index in [1.807, 2.05) is 26.0 Å². The highest BCUT2D eigenvalue weighted by Gasteiger charge is 2.19. The third-order valence-corrected chi connectivity index (χ3v) is 5.21. The number of rotatable bonds is 7. The van der Waals surface area contributed by atoms with Crippen molar-refractivity contribution in [3.05, 3.63) is 41.7 Å². The van der Waals surface area contributed by atoms with Crippen LogP contribution < -0.4 is 14.2 Å². The van der Waals surface area contributed by atoms with E-state index in [1.165, 1.54) is 20.3 Å². The van der Waals surface area contributed by atoms with Crippen LogP contribution in [0.2, 0.25) is 0 Å². The molecule has 0 saturated carbocycles. The summed E-state index contributed by atoms with van der Waals surface area (Å²) < 4.78 is 39.9. The lowest BCUT2D eigenvalue weighted by Gasteiger charge is -2.13. The van der Waals surface area contributed by atoms with Gasteiger partial charge in [0, 0.05) is 30.5 Å². The van der Waals surface area contributed by atoms with Crippen molar-refractivity contribution in [2.75, 3.05) is 20.8 Å². The van der Waals surface area contributed by atoms with Crippen molar-refractivity contribution in [2.24, 2.45) is 0 Å². The first-order valence-corrected chi connectivity index (χ1v) is 8.72. The Kier molecular flexibility index (Phi) is 5.33. The Morgan fingerprint density at radius 1 is 1.04 bits per heavy atom. The maximum absolute atomic E-state index is 12.5. The predicted molar refractivity (Wildman–Crippen MR) is 88.6 cm³/mol. The van der Waals surface area contributed by atoms with Crippen molar-refractivity contribution in [1.82, 2.24) is 9.29 Å². The number of ether oxygens (including phenoxy) is 2. The van der Waals surface area contributed by atoms with Crippen LogP contribution in [0.25, 0.3) is 0 Å². The highest BCUT2D eigenvalue weighted by atomic mass is 32.2. The van der Waals surface area contributed by atoms with Crippen LogP contribution in [-0.2, 0) is 16.6 Å². The molecule has 0 bridgehead atoms. The molecule has 7 heteroatoms. The molecule has 0 aliphatic rings. The lowest BCUT2D eigenvalue weighted by Crippen LogP contribution is -2.28. The van der Waals surface area contributed by atoms with Crippen molar-refractivity contribution < 1.29 is 17.9 Å². The highest BCUT2D eigenvalue weighted by molar-refractivity contribution is 7.89. The molecule has 2 rings (SSSR count). The van der Waals surface area contributed by atoms with Crippen LogP contribution in [0.1, 0.15) is 11.4 Å². The standard InChI is InChI=1S/C16H22N2O4S/c1-12-5-6-13(2)18(12)10-9-17-23(19,20)16-8-7-14(21-3)11-15(16)22-4/h5-8,11,17H,9-10H2,1-4H3. The summed E-state index contributed by atoms with van der Waals surface area (Å²) in [5.74, 6) is 0.796. The quantitative estimate of drug-likeness (QED) is 0.839. The number of aryl methyl sites for hydroxylation is 2. The molecule has 0 saturated heterocycles. The van der Waals surface area contributed by atoms with Crippen LogP contribution in [-0.4, -0.2) is 33.7 Å². The van der Waals surface area contributed by atoms with Gasteiger partial charge in [0.15, 0.2) is 0 Å². The van der Waals surface area contributed by atoms with Crippen LogP contribution in [0, 0.1) is 13.8 Å². The maximum Gasteiger partial charge on any atom is 0.244 e. The van der Waals surface area contributed by atoms with E-state index in [9.17, 15) is 8.42 Å². The van der Waals surface area contributed by atoms with Gasteiger partial charge in [-0.3, -0.25) is 0 Å². The molecular formula is C16H22N2O4S. The van der Waals surface area contributed by atoms with Crippen LogP contribution in [0.15, 0.2) is 35.2 Å². The average molecular weight is 338 g/mol. The molecule has 0 fully saturated rings. The van der Waals surface area contributed by atoms with Crippen LogP contribution in [0.4, 0.5) is 0 Å². The molecule has 0 spiro atoms. The molecule has 1 aromatic carbocycles. The molecule has 1 aromatic heterocycles. The van der Waals surface area contributed by atoms with E-state index in [1.54, 1.807) is 12.1 Å². The Bertz CT molecular complexity index is 762. The summed E-state index contributed by atoms with van der Waals surface area (Å²) >= 11 is 0. The zero-order chi connectivity index (χ0) is 17.0. The van der Waals surface area contributed by atoms with E-state index in [0.717, 1.165) is 11.4 Å². The molecule has 0 aliphatic heterocycles. The summed E-state index contributed by atoms with van der Waals surface area (Å²) in [5.41, 5.74) is 2.20. The zero-order valence-corrected chi connectivity index (χ0v) is 14.6. The minimum atomic E-state index is -3.65. The molecule has 0 unspecified atom stereocenters. The summed E-state index contributed by atoms with van der Waals surface area (Å²) in [6, 6.07) is 8.64. The lowest BCUT2D eigenvalue weighted by molar-refractivity contribution is 0.386. The second kappa shape index (κ2) is 7.06. The third kappa shape index (κ3) is 3.86. The smallest absolute Gasteiger partial charge is 0.244 e. The van der Waals surface area contributed by atoms with Crippen molar-refractivity contribution >= 4 is 10.0 Å². The highest BCUT2D eigenvalue weighted by Crippen LogP contribution is 2.28. The summed E-state index contributed by atoms with van der Waals surface area (Å²) in [4.78, 5) is 0.0988. The van der Waals surface area contributed by atoms with Gasteiger partial charge in [0.1, 0.15) is 16.4 Å². The van der Waals surface area contributed by atoms with E-state index in [2.05, 4.69) is 9.29 Å². The van der Waals surface area contributed by atoms with Gasteiger partial charge in [-0.25, -0.2) is 13.1 Å². The van der Waals surface area contributed by atoms with E-state index in [0.29, 0.717) is 18.8 Å². The van der Waals surface area contributed by atoms with Gasteiger partial charge in [0.25, 0.3) is 0 Å². The van der Waals surface area contributed by atoms with Crippen molar-refractivity contribution in [3.63, 3.8) is 0 Å². The molecule has 0 aliphatic carbocycles. The molecule has 126 valence electrons. The lowest BCUT2D eigenvalue weighted by atomic mass is 10.3. The topological polar surface area (TPSA) is 69.6 Å². The third-order valence-electron chi connectivity index (χ3n) is 3.71. The Labute approximate surface area is 137 Å². The first-order chi connectivity index (χ1) is 10.9. The molecular weight excluding hydrogens is 316 g/mol. The fraction of sp³-hybridized carbons (Fsp3) is 0.375. The summed E-state index contributed by atoms with van der Waals surface area (Å²) in [5, 5.41) is 0. The monoisotopic (exact) mass is 338 g/mol. The van der Waals surface area contributed by atoms with Crippen LogP contribution >= 0.6 is 0 Å². The summed E-state index contributed by atoms with van der Waals surface area (Å²) in [6.07, 6.45) is 0. The Morgan fingerprint density at radius 2 is 1.70 bits per heavy atom. The number of aromatic nitrogens is 1. The minimum absolute atomic E-state index is 0.0988. The first-order valence-electron chi connectivity index (χ1n) is 7.23. The van der Waals surface area contributed by atoms with Crippen molar-refractivity contribution in [3.8, 4) is 11.5 Å². The number of nitrogens with one attached hydrogen (secondary N) is 1. The fourth-order valence-electron chi connectivity index (χ4n) is 2.42. The van der Waals surface area contributed by atoms with Crippen molar-refractivity contribution in [2.45, 2.75) is 25.3 Å². The van der Waals surface area contributed by atoms with E-state index in [-0.39, 0.29) is 10.6 Å². The van der Waals surface area contributed by atoms with Gasteiger partial charge in [-0.15, -0.1) is 0 Å². The van der Waals surface area contributed by atoms with Crippen LogP contribution in [0.3, 0.4) is 0 Å². The molecule has 1 N–H and O–H groups in total. The molecule has 23 heavy (non-hydrogen) atoms. The normalized spacial score (nSPS) is 11.5. The molecule has 2 aromatic rings. The molecule has 0 atom stereocenters. The van der Waals surface area contributed by atoms with E-state index < -0.39 is 10.0 Å². The van der Waals surface area contributed by atoms with Gasteiger partial charge in [-0.2, -0.15) is 0 Å². The van der Waals surface area contributed by atoms with E-state index >= 15 is 0 Å². The van der Waals surface area contributed by atoms with Crippen molar-refractivity contribution in [1.29, 1.82) is 0 Å². The Balaban J connectivity index is 2.13. The van der Waals surface area contributed by atoms with Crippen LogP contribution in [0.5, 0.6) is 11.5 Å². The van der Waals surface area contributed by atoms with Gasteiger partial charge in [-0.05, 0) is 38.1 Å². The van der Waals surface area contributed by atoms with Gasteiger partial charge >= 0.3 is 0 Å². The predicted octanol–water partition coefficient (Wildman–Crippen LogP) is 2.10. The van der Waals surface area contributed by atoms with Gasteiger partial charge in [0.05, 0.1) is 14.2 Å². The number of hydrogen-bond acceptors (Lipinski definition) is 4. The molecule has 0 amide bonds. The number of methoxy groups -OCH3 is 2. The second-order valence-electron chi connectivity index (χ2n) is 5.18. The summed E-state index contributed by atoms with van der Waals surface area (Å²) in [7, 11) is -0.703. The largest absolute Gasteiger partial charge is 0.497 e. The average Bonchev–Trinajstić information content (AvgIpc) is 2.85. The summed E-state index contributed by atoms with van der Waals surface area (Å²) in [6.45, 7) is 4.86. The molecule has 0 radical (unpaired) electrons. The zero-order valence-electron chi connectivity index (χ0n) is 13.8. The Hall–Kier alpha value is -1.99. The van der Waals surface area contributed by atoms with Gasteiger partial charge in [0.2, 0.25) is 10.0 Å². The molecule has 1 heterocycles. The maximum atomic E-state index is 12.5. The Morgan fingerprint density at radius 3 is 2.26 bits per heavy atom. The minimum Gasteiger partial charge on any atom is -0.497 e. The first kappa shape index (κ1) is 17.4. The SMILES string of the molecule is COc1ccc(S(=O)(=O)NCCn2c(C)ccc2C)c(OC)c1. The second-order valence-corrected chi connectivity index (χ2v) is 6.92. The van der Waals surface area contributed by atoms with E-state index in [4.69, 9.17) is 9.47 Å². The number of sulfonamides is 1. The van der Waals surface area contributed by atoms with Gasteiger partial charge in [-0.1, -0.05) is 0 Å². The fourth-order valence-corrected chi connectivity index (χ4v) is 3.59. The number of hydrogen-bond donors (Lipinski definition) is 1. The number of nitrogens with zero attached hydrogens (tertiary/aromatic N) is 1. The molecule has 6 nitrogen and oxygen atoms in total.